The molecule has 6 rings (SSSR count). The first kappa shape index (κ1) is 44.0. The largest absolute Gasteiger partial charge is 0.441 e. The highest BCUT2D eigenvalue weighted by molar-refractivity contribution is 5.99. The van der Waals surface area contributed by atoms with Crippen molar-refractivity contribution in [3.8, 4) is 0 Å². The minimum Gasteiger partial charge on any atom is -0.441 e. The van der Waals surface area contributed by atoms with E-state index in [-0.39, 0.29) is 62.1 Å². The van der Waals surface area contributed by atoms with Crippen LogP contribution in [0.5, 0.6) is 0 Å². The third-order valence-corrected chi connectivity index (χ3v) is 11.0. The molecule has 0 bridgehead atoms. The predicted molar refractivity (Wildman–Crippen MR) is 217 cm³/mol. The molecule has 3 aliphatic heterocycles. The van der Waals surface area contributed by atoms with E-state index in [1.54, 1.807) is 6.92 Å². The van der Waals surface area contributed by atoms with Crippen LogP contribution in [0.2, 0.25) is 0 Å². The number of amides is 5. The molecule has 3 N–H and O–H groups in total. The van der Waals surface area contributed by atoms with Crippen molar-refractivity contribution in [2.75, 3.05) is 32.9 Å². The number of benzene rings is 2. The number of nitrogens with one attached hydrogen (secondary N) is 3. The molecule has 60 heavy (non-hydrogen) atoms. The number of nitrogens with zero attached hydrogens (tertiary/aromatic N) is 3. The molecule has 6 atom stereocenters. The van der Waals surface area contributed by atoms with Crippen molar-refractivity contribution >= 4 is 35.5 Å². The summed E-state index contributed by atoms with van der Waals surface area (Å²) in [7, 11) is 0. The number of Topliss-reactive ketones (excluding diaryl/α,β-unsaturated/α-hetero) is 1. The van der Waals surface area contributed by atoms with E-state index in [1.807, 2.05) is 81.4 Å². The van der Waals surface area contributed by atoms with Crippen molar-refractivity contribution in [1.82, 2.24) is 30.9 Å². The van der Waals surface area contributed by atoms with Crippen molar-refractivity contribution in [1.29, 1.82) is 0 Å². The third kappa shape index (κ3) is 11.8. The van der Waals surface area contributed by atoms with Crippen LogP contribution >= 0.6 is 0 Å². The molecule has 0 saturated carbocycles. The monoisotopic (exact) mass is 828 g/mol. The van der Waals surface area contributed by atoms with Gasteiger partial charge in [0, 0.05) is 31.6 Å². The molecule has 1 aromatic heterocycles. The van der Waals surface area contributed by atoms with Gasteiger partial charge in [0.2, 0.25) is 23.6 Å². The molecule has 0 radical (unpaired) electrons. The molecular weight excluding hydrogens is 773 g/mol. The number of morpholine rings is 1. The standard InChI is InChI=1S/C44H56N6O10/c1-28(2)21-35(39(52)44(4)27-59-44)46-41(54)37(23-31-13-9-6-10-14-31)50-29(3)22-36(42(50)55)47-40(53)34(16-15-30-11-7-5-8-12-30)45-38(51)25-32-24-33(60-48-32)26-58-43(56)49-17-19-57-20-18-49/h5-14,24,28-29,34-37H,15-23,25-27H2,1-4H3,(H,45,51)(H,46,54)(H,47,53)/t29?,34-,35-,36-,37-,44?/m0/s1. The maximum absolute atomic E-state index is 14.3. The van der Waals surface area contributed by atoms with Gasteiger partial charge in [-0.25, -0.2) is 4.79 Å². The topological polar surface area (TPSA) is 202 Å². The summed E-state index contributed by atoms with van der Waals surface area (Å²) in [4.78, 5) is 84.9. The van der Waals surface area contributed by atoms with Crippen molar-refractivity contribution in [3.63, 3.8) is 0 Å². The number of likely N-dealkylation sites (tertiary alicyclic amines) is 1. The fraction of sp³-hybridized carbons (Fsp3) is 0.523. The van der Waals surface area contributed by atoms with Gasteiger partial charge in [0.05, 0.1) is 38.0 Å². The summed E-state index contributed by atoms with van der Waals surface area (Å²) in [6.07, 6.45) is 0.790. The first-order chi connectivity index (χ1) is 28.8. The van der Waals surface area contributed by atoms with E-state index in [0.29, 0.717) is 39.1 Å². The molecule has 16 heteroatoms. The van der Waals surface area contributed by atoms with E-state index in [2.05, 4.69) is 21.1 Å². The molecule has 2 aromatic carbocycles. The Bertz CT molecular complexity index is 1960. The van der Waals surface area contributed by atoms with E-state index in [9.17, 15) is 28.8 Å². The summed E-state index contributed by atoms with van der Waals surface area (Å²) in [6.45, 7) is 9.32. The van der Waals surface area contributed by atoms with Crippen LogP contribution in [0.3, 0.4) is 0 Å². The summed E-state index contributed by atoms with van der Waals surface area (Å²) in [5, 5.41) is 12.6. The van der Waals surface area contributed by atoms with Gasteiger partial charge >= 0.3 is 6.09 Å². The summed E-state index contributed by atoms with van der Waals surface area (Å²) >= 11 is 0. The van der Waals surface area contributed by atoms with Gasteiger partial charge < -0.3 is 44.5 Å². The van der Waals surface area contributed by atoms with Crippen LogP contribution in [0, 0.1) is 5.92 Å². The molecule has 4 heterocycles. The number of aryl methyl sites for hydroxylation is 1. The van der Waals surface area contributed by atoms with Crippen molar-refractivity contribution in [3.05, 3.63) is 89.3 Å². The fourth-order valence-corrected chi connectivity index (χ4v) is 7.66. The Labute approximate surface area is 350 Å². The first-order valence-electron chi connectivity index (χ1n) is 20.7. The molecule has 3 aromatic rings. The second kappa shape index (κ2) is 20.1. The normalized spacial score (nSPS) is 21.5. The molecular formula is C44H56N6O10. The Morgan fingerprint density at radius 3 is 2.25 bits per heavy atom. The number of epoxide rings is 1. The lowest BCUT2D eigenvalue weighted by Gasteiger charge is -2.33. The van der Waals surface area contributed by atoms with Crippen LogP contribution in [0.4, 0.5) is 4.79 Å². The second-order valence-electron chi connectivity index (χ2n) is 16.4. The van der Waals surface area contributed by atoms with Crippen LogP contribution in [0.25, 0.3) is 0 Å². The predicted octanol–water partition coefficient (Wildman–Crippen LogP) is 2.91. The lowest BCUT2D eigenvalue weighted by molar-refractivity contribution is -0.142. The van der Waals surface area contributed by atoms with Gasteiger partial charge in [0.15, 0.2) is 18.2 Å². The zero-order valence-corrected chi connectivity index (χ0v) is 34.7. The highest BCUT2D eigenvalue weighted by Gasteiger charge is 2.51. The van der Waals surface area contributed by atoms with Crippen molar-refractivity contribution in [2.24, 2.45) is 5.92 Å². The quantitative estimate of drug-likeness (QED) is 0.150. The fourth-order valence-electron chi connectivity index (χ4n) is 7.66. The van der Waals surface area contributed by atoms with Gasteiger partial charge in [0.1, 0.15) is 23.7 Å². The van der Waals surface area contributed by atoms with Crippen LogP contribution in [-0.4, -0.2) is 119 Å². The molecule has 2 unspecified atom stereocenters. The first-order valence-corrected chi connectivity index (χ1v) is 20.7. The number of rotatable bonds is 19. The average Bonchev–Trinajstić information content (AvgIpc) is 3.73. The maximum atomic E-state index is 14.3. The second-order valence-corrected chi connectivity index (χ2v) is 16.4. The highest BCUT2D eigenvalue weighted by atomic mass is 16.6. The molecule has 3 saturated heterocycles. The lowest BCUT2D eigenvalue weighted by atomic mass is 9.92. The maximum Gasteiger partial charge on any atom is 0.410 e. The van der Waals surface area contributed by atoms with E-state index in [4.69, 9.17) is 18.7 Å². The smallest absolute Gasteiger partial charge is 0.410 e. The molecule has 322 valence electrons. The Balaban J connectivity index is 1.12. The van der Waals surface area contributed by atoms with Crippen LogP contribution in [-0.2, 0) is 64.1 Å². The Hall–Kier alpha value is -5.61. The van der Waals surface area contributed by atoms with E-state index in [0.717, 1.165) is 11.1 Å². The minimum absolute atomic E-state index is 0.0992. The SMILES string of the molecule is CC(C)C[C@H](NC(=O)[C@H](Cc1ccccc1)N1C(=O)[C@@H](NC(=O)[C@H](CCc2ccccc2)NC(=O)Cc2cc(COC(=O)N3CCOCC3)on2)CC1C)C(=O)C1(C)CO1. The lowest BCUT2D eigenvalue weighted by Crippen LogP contribution is -2.57. The molecule has 16 nitrogen and oxygen atoms in total. The number of hydrogen-bond donors (Lipinski definition) is 3. The zero-order valence-electron chi connectivity index (χ0n) is 34.7. The van der Waals surface area contributed by atoms with Crippen LogP contribution < -0.4 is 16.0 Å². The summed E-state index contributed by atoms with van der Waals surface area (Å²) in [5.74, 6) is -1.80. The Morgan fingerprint density at radius 1 is 0.933 bits per heavy atom. The van der Waals surface area contributed by atoms with Gasteiger partial charge in [-0.15, -0.1) is 0 Å². The number of ether oxygens (including phenoxy) is 3. The highest BCUT2D eigenvalue weighted by Crippen LogP contribution is 2.30. The minimum atomic E-state index is -1.02. The van der Waals surface area contributed by atoms with E-state index >= 15 is 0 Å². The van der Waals surface area contributed by atoms with Gasteiger partial charge in [0.25, 0.3) is 0 Å². The molecule has 3 fully saturated rings. The van der Waals surface area contributed by atoms with Gasteiger partial charge in [-0.3, -0.25) is 24.0 Å². The van der Waals surface area contributed by atoms with E-state index in [1.165, 1.54) is 15.9 Å². The van der Waals surface area contributed by atoms with Gasteiger partial charge in [-0.1, -0.05) is 79.7 Å². The van der Waals surface area contributed by atoms with Crippen LogP contribution in [0.15, 0.2) is 71.3 Å². The Morgan fingerprint density at radius 2 is 1.60 bits per heavy atom. The van der Waals surface area contributed by atoms with Crippen molar-refractivity contribution < 1.29 is 47.5 Å². The number of ketones is 1. The summed E-state index contributed by atoms with van der Waals surface area (Å²) in [5.41, 5.74) is 1.12. The Kier molecular flexibility index (Phi) is 14.7. The van der Waals surface area contributed by atoms with Crippen molar-refractivity contribution in [2.45, 2.75) is 109 Å². The summed E-state index contributed by atoms with van der Waals surface area (Å²) in [6, 6.07) is 16.1. The number of aromatic nitrogens is 1. The van der Waals surface area contributed by atoms with Crippen LogP contribution in [0.1, 0.15) is 69.5 Å². The molecule has 3 aliphatic rings. The third-order valence-electron chi connectivity index (χ3n) is 11.0. The number of carbonyl (C=O) groups is 6. The zero-order chi connectivity index (χ0) is 42.8. The van der Waals surface area contributed by atoms with E-state index < -0.39 is 65.5 Å². The van der Waals surface area contributed by atoms with Gasteiger partial charge in [-0.05, 0) is 56.6 Å². The van der Waals surface area contributed by atoms with Gasteiger partial charge in [-0.2, -0.15) is 0 Å². The molecule has 5 amide bonds. The number of hydrogen-bond acceptors (Lipinski definition) is 11. The average molecular weight is 829 g/mol. The summed E-state index contributed by atoms with van der Waals surface area (Å²) < 4.78 is 21.3. The molecule has 0 spiro atoms. The molecule has 0 aliphatic carbocycles. The number of carbonyl (C=O) groups excluding carboxylic acids is 6.